The minimum atomic E-state index is -0.371. The third-order valence-electron chi connectivity index (χ3n) is 3.14. The Morgan fingerprint density at radius 1 is 1.33 bits per heavy atom. The van der Waals surface area contributed by atoms with Crippen molar-refractivity contribution in [2.45, 2.75) is 20.3 Å². The number of aryl methyl sites for hydroxylation is 1. The predicted molar refractivity (Wildman–Crippen MR) is 79.8 cm³/mol. The molecule has 0 aliphatic carbocycles. The molecule has 1 amide bonds. The predicted octanol–water partition coefficient (Wildman–Crippen LogP) is 3.55. The second-order valence-corrected chi connectivity index (χ2v) is 4.55. The van der Waals surface area contributed by atoms with Crippen LogP contribution in [0.2, 0.25) is 0 Å². The monoisotopic (exact) mass is 288 g/mol. The number of pyridine rings is 1. The number of hydrogen-bond acceptors (Lipinski definition) is 3. The van der Waals surface area contributed by atoms with Crippen LogP contribution in [0.15, 0.2) is 30.3 Å². The molecule has 1 aromatic heterocycles. The Hall–Kier alpha value is -2.43. The summed E-state index contributed by atoms with van der Waals surface area (Å²) in [6.45, 7) is 3.53. The van der Waals surface area contributed by atoms with Gasteiger partial charge in [-0.15, -0.1) is 0 Å². The van der Waals surface area contributed by atoms with Gasteiger partial charge in [-0.05, 0) is 31.2 Å². The van der Waals surface area contributed by atoms with E-state index in [0.717, 1.165) is 0 Å². The summed E-state index contributed by atoms with van der Waals surface area (Å²) in [7, 11) is 1.50. The topological polar surface area (TPSA) is 51.2 Å². The normalized spacial score (nSPS) is 10.3. The van der Waals surface area contributed by atoms with Crippen molar-refractivity contribution >= 4 is 11.7 Å². The molecule has 0 aliphatic heterocycles. The Balaban J connectivity index is 2.45. The van der Waals surface area contributed by atoms with Gasteiger partial charge in [0, 0.05) is 17.7 Å². The first kappa shape index (κ1) is 15.0. The quantitative estimate of drug-likeness (QED) is 0.936. The number of nitrogens with zero attached hydrogens (tertiary/aromatic N) is 1. The van der Waals surface area contributed by atoms with Gasteiger partial charge in [0.15, 0.2) is 0 Å². The molecule has 2 rings (SSSR count). The molecule has 5 heteroatoms. The summed E-state index contributed by atoms with van der Waals surface area (Å²) in [5.74, 6) is 0.423. The van der Waals surface area contributed by atoms with E-state index in [1.165, 1.54) is 13.2 Å². The Morgan fingerprint density at radius 2 is 2.10 bits per heavy atom. The van der Waals surface area contributed by atoms with Crippen LogP contribution < -0.4 is 10.1 Å². The third kappa shape index (κ3) is 3.18. The lowest BCUT2D eigenvalue weighted by atomic mass is 10.0. The number of anilines is 1. The van der Waals surface area contributed by atoms with Gasteiger partial charge in [0.25, 0.3) is 0 Å². The average Bonchev–Trinajstić information content (AvgIpc) is 2.47. The molecule has 0 saturated carbocycles. The van der Waals surface area contributed by atoms with Crippen molar-refractivity contribution in [3.63, 3.8) is 0 Å². The number of benzene rings is 1. The molecular formula is C16H17FN2O2. The molecule has 0 unspecified atom stereocenters. The molecule has 0 spiro atoms. The number of halogens is 1. The number of ether oxygens (including phenoxy) is 1. The first-order chi connectivity index (χ1) is 10.1. The highest BCUT2D eigenvalue weighted by molar-refractivity contribution is 5.89. The van der Waals surface area contributed by atoms with Gasteiger partial charge in [0.05, 0.1) is 12.7 Å². The maximum absolute atomic E-state index is 14.1. The highest BCUT2D eigenvalue weighted by atomic mass is 19.1. The molecule has 2 aromatic rings. The maximum atomic E-state index is 14.1. The van der Waals surface area contributed by atoms with Crippen molar-refractivity contribution < 1.29 is 13.9 Å². The van der Waals surface area contributed by atoms with Crippen LogP contribution in [0.25, 0.3) is 11.1 Å². The summed E-state index contributed by atoms with van der Waals surface area (Å²) >= 11 is 0. The summed E-state index contributed by atoms with van der Waals surface area (Å²) in [4.78, 5) is 15.7. The molecule has 21 heavy (non-hydrogen) atoms. The Bertz CT molecular complexity index is 671. The number of nitrogens with one attached hydrogen (secondary N) is 1. The largest absolute Gasteiger partial charge is 0.496 e. The van der Waals surface area contributed by atoms with Gasteiger partial charge in [0.2, 0.25) is 5.91 Å². The number of amides is 1. The lowest BCUT2D eigenvalue weighted by molar-refractivity contribution is -0.115. The van der Waals surface area contributed by atoms with Crippen LogP contribution in [0.4, 0.5) is 10.2 Å². The number of rotatable bonds is 4. The lowest BCUT2D eigenvalue weighted by Crippen LogP contribution is -2.11. The minimum absolute atomic E-state index is 0.113. The molecule has 0 fully saturated rings. The first-order valence-electron chi connectivity index (χ1n) is 6.67. The third-order valence-corrected chi connectivity index (χ3v) is 3.14. The molecule has 1 heterocycles. The van der Waals surface area contributed by atoms with Gasteiger partial charge in [-0.25, -0.2) is 9.37 Å². The van der Waals surface area contributed by atoms with Crippen LogP contribution >= 0.6 is 0 Å². The Kier molecular flexibility index (Phi) is 4.52. The standard InChI is InChI=1S/C16H17FN2O2/c1-4-15(20)19-14-9-8-11(10(2)18-14)16-12(17)6-5-7-13(16)21-3/h5-9H,4H2,1-3H3,(H,18,19,20). The zero-order valence-corrected chi connectivity index (χ0v) is 12.2. The van der Waals surface area contributed by atoms with Crippen LogP contribution in [0.1, 0.15) is 19.0 Å². The molecular weight excluding hydrogens is 271 g/mol. The zero-order chi connectivity index (χ0) is 15.4. The fraction of sp³-hybridized carbons (Fsp3) is 0.250. The summed E-state index contributed by atoms with van der Waals surface area (Å²) in [5, 5.41) is 2.68. The number of methoxy groups -OCH3 is 1. The van der Waals surface area contributed by atoms with E-state index >= 15 is 0 Å². The van der Waals surface area contributed by atoms with Crippen molar-refractivity contribution in [1.29, 1.82) is 0 Å². The molecule has 0 bridgehead atoms. The fourth-order valence-corrected chi connectivity index (χ4v) is 2.06. The highest BCUT2D eigenvalue weighted by Gasteiger charge is 2.15. The van der Waals surface area contributed by atoms with Crippen LogP contribution in [-0.2, 0) is 4.79 Å². The molecule has 0 atom stereocenters. The van der Waals surface area contributed by atoms with Crippen molar-refractivity contribution in [2.24, 2.45) is 0 Å². The smallest absolute Gasteiger partial charge is 0.225 e. The molecule has 4 nitrogen and oxygen atoms in total. The molecule has 0 saturated heterocycles. The first-order valence-corrected chi connectivity index (χ1v) is 6.67. The molecule has 1 N–H and O–H groups in total. The van der Waals surface area contributed by atoms with E-state index in [0.29, 0.717) is 34.8 Å². The fourth-order valence-electron chi connectivity index (χ4n) is 2.06. The van der Waals surface area contributed by atoms with Crippen LogP contribution in [0.5, 0.6) is 5.75 Å². The van der Waals surface area contributed by atoms with Crippen molar-refractivity contribution in [3.8, 4) is 16.9 Å². The number of carbonyl (C=O) groups excluding carboxylic acids is 1. The van der Waals surface area contributed by atoms with Crippen LogP contribution in [0.3, 0.4) is 0 Å². The second kappa shape index (κ2) is 6.35. The minimum Gasteiger partial charge on any atom is -0.496 e. The van der Waals surface area contributed by atoms with Crippen molar-refractivity contribution in [1.82, 2.24) is 4.98 Å². The molecule has 1 aromatic carbocycles. The van der Waals surface area contributed by atoms with Crippen molar-refractivity contribution in [2.75, 3.05) is 12.4 Å². The second-order valence-electron chi connectivity index (χ2n) is 4.55. The van der Waals surface area contributed by atoms with Gasteiger partial charge in [-0.1, -0.05) is 13.0 Å². The van der Waals surface area contributed by atoms with E-state index in [9.17, 15) is 9.18 Å². The molecule has 0 radical (unpaired) electrons. The lowest BCUT2D eigenvalue weighted by Gasteiger charge is -2.12. The van der Waals surface area contributed by atoms with E-state index in [4.69, 9.17) is 4.74 Å². The number of hydrogen-bond donors (Lipinski definition) is 1. The average molecular weight is 288 g/mol. The van der Waals surface area contributed by atoms with E-state index in [-0.39, 0.29) is 11.7 Å². The van der Waals surface area contributed by atoms with E-state index in [1.807, 2.05) is 0 Å². The highest BCUT2D eigenvalue weighted by Crippen LogP contribution is 2.34. The zero-order valence-electron chi connectivity index (χ0n) is 12.2. The summed E-state index contributed by atoms with van der Waals surface area (Å²) in [6.07, 6.45) is 0.379. The maximum Gasteiger partial charge on any atom is 0.225 e. The summed E-state index contributed by atoms with van der Waals surface area (Å²) in [6, 6.07) is 8.06. The van der Waals surface area contributed by atoms with Crippen LogP contribution in [-0.4, -0.2) is 18.0 Å². The Labute approximate surface area is 123 Å². The van der Waals surface area contributed by atoms with Crippen molar-refractivity contribution in [3.05, 3.63) is 41.8 Å². The summed E-state index contributed by atoms with van der Waals surface area (Å²) in [5.41, 5.74) is 1.63. The van der Waals surface area contributed by atoms with Gasteiger partial charge in [0.1, 0.15) is 17.4 Å². The van der Waals surface area contributed by atoms with Gasteiger partial charge < -0.3 is 10.1 Å². The molecule has 110 valence electrons. The molecule has 0 aliphatic rings. The van der Waals surface area contributed by atoms with E-state index < -0.39 is 0 Å². The van der Waals surface area contributed by atoms with Gasteiger partial charge in [-0.3, -0.25) is 4.79 Å². The number of carbonyl (C=O) groups is 1. The number of aromatic nitrogens is 1. The van der Waals surface area contributed by atoms with E-state index in [1.54, 1.807) is 38.1 Å². The summed E-state index contributed by atoms with van der Waals surface area (Å²) < 4.78 is 19.3. The Morgan fingerprint density at radius 3 is 2.71 bits per heavy atom. The van der Waals surface area contributed by atoms with E-state index in [2.05, 4.69) is 10.3 Å². The SMILES string of the molecule is CCC(=O)Nc1ccc(-c2c(F)cccc2OC)c(C)n1. The van der Waals surface area contributed by atoms with Gasteiger partial charge >= 0.3 is 0 Å². The van der Waals surface area contributed by atoms with Crippen LogP contribution in [0, 0.1) is 12.7 Å². The van der Waals surface area contributed by atoms with Gasteiger partial charge in [-0.2, -0.15) is 0 Å².